The van der Waals surface area contributed by atoms with Crippen molar-refractivity contribution in [2.24, 2.45) is 5.92 Å². The first-order chi connectivity index (χ1) is 5.65. The molecule has 1 heterocycles. The van der Waals surface area contributed by atoms with Gasteiger partial charge in [0.25, 0.3) is 0 Å². The van der Waals surface area contributed by atoms with E-state index in [-0.39, 0.29) is 12.0 Å². The van der Waals surface area contributed by atoms with Crippen LogP contribution in [0.4, 0.5) is 0 Å². The Balaban J connectivity index is 2.45. The number of nitrogens with zero attached hydrogens (tertiary/aromatic N) is 1. The van der Waals surface area contributed by atoms with Crippen molar-refractivity contribution >= 4 is 11.0 Å². The van der Waals surface area contributed by atoms with E-state index >= 15 is 0 Å². The molecule has 3 nitrogen and oxygen atoms in total. The number of hydrogen-bond acceptors (Lipinski definition) is 2. The minimum atomic E-state index is -0.827. The lowest BCUT2D eigenvalue weighted by Gasteiger charge is -2.32. The fourth-order valence-corrected chi connectivity index (χ4v) is 2.54. The van der Waals surface area contributed by atoms with Gasteiger partial charge in [-0.2, -0.15) is 0 Å². The second-order valence-electron chi connectivity index (χ2n) is 3.33. The summed E-state index contributed by atoms with van der Waals surface area (Å²) in [7, 11) is -0.827. The maximum absolute atomic E-state index is 11.4. The third-order valence-electron chi connectivity index (χ3n) is 2.36. The molecule has 0 aromatic rings. The van der Waals surface area contributed by atoms with Crippen LogP contribution >= 0.6 is 0 Å². The second-order valence-corrected chi connectivity index (χ2v) is 5.07. The average molecular weight is 191 g/mol. The molecule has 1 rings (SSSR count). The van der Waals surface area contributed by atoms with Gasteiger partial charge < -0.3 is 5.11 Å². The fourth-order valence-electron chi connectivity index (χ4n) is 1.46. The number of hydrogen-bond donors (Lipinski definition) is 1. The maximum atomic E-state index is 11.4. The summed E-state index contributed by atoms with van der Waals surface area (Å²) >= 11 is 0. The minimum Gasteiger partial charge on any atom is -0.393 e. The monoisotopic (exact) mass is 191 g/mol. The maximum Gasteiger partial charge on any atom is 0.0939 e. The van der Waals surface area contributed by atoms with E-state index in [1.165, 1.54) is 0 Å². The third kappa shape index (κ3) is 2.28. The normalized spacial score (nSPS) is 34.9. The van der Waals surface area contributed by atoms with E-state index in [0.717, 1.165) is 19.5 Å². The lowest BCUT2D eigenvalue weighted by Crippen LogP contribution is -2.43. The molecule has 12 heavy (non-hydrogen) atoms. The van der Waals surface area contributed by atoms with E-state index in [1.807, 2.05) is 18.2 Å². The Morgan fingerprint density at radius 2 is 2.33 bits per heavy atom. The predicted molar refractivity (Wildman–Crippen MR) is 50.0 cm³/mol. The van der Waals surface area contributed by atoms with Crippen LogP contribution in [-0.4, -0.2) is 38.6 Å². The highest BCUT2D eigenvalue weighted by atomic mass is 32.2. The molecule has 0 saturated carbocycles. The molecule has 0 aromatic carbocycles. The molecule has 0 aromatic heterocycles. The summed E-state index contributed by atoms with van der Waals surface area (Å²) in [5.74, 6) is 0.942. The van der Waals surface area contributed by atoms with E-state index in [2.05, 4.69) is 0 Å². The number of aliphatic hydroxyl groups is 1. The van der Waals surface area contributed by atoms with Crippen molar-refractivity contribution in [3.8, 4) is 0 Å². The molecule has 0 amide bonds. The van der Waals surface area contributed by atoms with Gasteiger partial charge in [0.05, 0.1) is 17.1 Å². The highest BCUT2D eigenvalue weighted by molar-refractivity contribution is 7.82. The van der Waals surface area contributed by atoms with Crippen LogP contribution in [-0.2, 0) is 11.0 Å². The van der Waals surface area contributed by atoms with E-state index in [1.54, 1.807) is 0 Å². The molecule has 1 N–H and O–H groups in total. The third-order valence-corrected chi connectivity index (χ3v) is 3.76. The molecule has 3 unspecified atom stereocenters. The summed E-state index contributed by atoms with van der Waals surface area (Å²) in [6.07, 6.45) is 0.558. The standard InChI is InChI=1S/C8H17NO2S/c1-3-12(11)9-5-4-8(10)7(2)6-9/h7-8,10H,3-6H2,1-2H3. The Bertz CT molecular complexity index is 174. The minimum absolute atomic E-state index is 0.199. The van der Waals surface area contributed by atoms with Gasteiger partial charge in [0.2, 0.25) is 0 Å². The van der Waals surface area contributed by atoms with Crippen molar-refractivity contribution in [3.05, 3.63) is 0 Å². The Morgan fingerprint density at radius 1 is 1.67 bits per heavy atom. The first-order valence-electron chi connectivity index (χ1n) is 4.46. The Hall–Kier alpha value is 0.0700. The van der Waals surface area contributed by atoms with Crippen LogP contribution in [0.25, 0.3) is 0 Å². The molecule has 4 heteroatoms. The summed E-state index contributed by atoms with van der Waals surface area (Å²) in [4.78, 5) is 0. The first-order valence-corrected chi connectivity index (χ1v) is 5.74. The SMILES string of the molecule is CCS(=O)N1CCC(O)C(C)C1. The topological polar surface area (TPSA) is 40.5 Å². The average Bonchev–Trinajstić information content (AvgIpc) is 2.08. The zero-order valence-corrected chi connectivity index (χ0v) is 8.51. The quantitative estimate of drug-likeness (QED) is 0.685. The van der Waals surface area contributed by atoms with Crippen LogP contribution < -0.4 is 0 Å². The van der Waals surface area contributed by atoms with Crippen molar-refractivity contribution < 1.29 is 9.32 Å². The number of rotatable bonds is 2. The molecule has 3 atom stereocenters. The van der Waals surface area contributed by atoms with Gasteiger partial charge in [-0.25, -0.2) is 8.51 Å². The van der Waals surface area contributed by atoms with Gasteiger partial charge >= 0.3 is 0 Å². The molecular weight excluding hydrogens is 174 g/mol. The van der Waals surface area contributed by atoms with Crippen LogP contribution in [0.1, 0.15) is 20.3 Å². The van der Waals surface area contributed by atoms with Crippen LogP contribution in [0.15, 0.2) is 0 Å². The zero-order chi connectivity index (χ0) is 9.14. The van der Waals surface area contributed by atoms with Crippen molar-refractivity contribution in [2.45, 2.75) is 26.4 Å². The van der Waals surface area contributed by atoms with Crippen LogP contribution in [0, 0.1) is 5.92 Å². The molecule has 0 spiro atoms. The van der Waals surface area contributed by atoms with E-state index in [9.17, 15) is 9.32 Å². The molecule has 1 aliphatic heterocycles. The lowest BCUT2D eigenvalue weighted by atomic mass is 9.99. The Kier molecular flexibility index (Phi) is 3.68. The van der Waals surface area contributed by atoms with E-state index < -0.39 is 11.0 Å². The molecule has 0 radical (unpaired) electrons. The smallest absolute Gasteiger partial charge is 0.0939 e. The summed E-state index contributed by atoms with van der Waals surface area (Å²) in [6, 6.07) is 0. The van der Waals surface area contributed by atoms with Crippen LogP contribution in [0.5, 0.6) is 0 Å². The van der Waals surface area contributed by atoms with Crippen molar-refractivity contribution in [2.75, 3.05) is 18.8 Å². The molecule has 1 aliphatic rings. The van der Waals surface area contributed by atoms with Gasteiger partial charge in [-0.3, -0.25) is 0 Å². The highest BCUT2D eigenvalue weighted by Crippen LogP contribution is 2.17. The summed E-state index contributed by atoms with van der Waals surface area (Å²) < 4.78 is 13.3. The van der Waals surface area contributed by atoms with Crippen LogP contribution in [0.2, 0.25) is 0 Å². The second kappa shape index (κ2) is 4.35. The van der Waals surface area contributed by atoms with Gasteiger partial charge in [0.15, 0.2) is 0 Å². The number of aliphatic hydroxyl groups excluding tert-OH is 1. The largest absolute Gasteiger partial charge is 0.393 e. The van der Waals surface area contributed by atoms with Gasteiger partial charge in [-0.1, -0.05) is 13.8 Å². The van der Waals surface area contributed by atoms with Gasteiger partial charge in [-0.05, 0) is 12.3 Å². The van der Waals surface area contributed by atoms with Crippen molar-refractivity contribution in [1.29, 1.82) is 0 Å². The fraction of sp³-hybridized carbons (Fsp3) is 1.00. The number of piperidine rings is 1. The Labute approximate surface area is 76.4 Å². The summed E-state index contributed by atoms with van der Waals surface area (Å²) in [5, 5.41) is 9.42. The van der Waals surface area contributed by atoms with Crippen LogP contribution in [0.3, 0.4) is 0 Å². The van der Waals surface area contributed by atoms with Crippen molar-refractivity contribution in [1.82, 2.24) is 4.31 Å². The molecular formula is C8H17NO2S. The summed E-state index contributed by atoms with van der Waals surface area (Å²) in [6.45, 7) is 5.46. The molecule has 1 saturated heterocycles. The zero-order valence-electron chi connectivity index (χ0n) is 7.69. The highest BCUT2D eigenvalue weighted by Gasteiger charge is 2.26. The predicted octanol–water partition coefficient (Wildman–Crippen LogP) is 0.373. The molecule has 1 fully saturated rings. The molecule has 72 valence electrons. The van der Waals surface area contributed by atoms with Gasteiger partial charge in [0, 0.05) is 18.8 Å². The van der Waals surface area contributed by atoms with Gasteiger partial charge in [-0.15, -0.1) is 0 Å². The molecule has 0 bridgehead atoms. The van der Waals surface area contributed by atoms with Crippen molar-refractivity contribution in [3.63, 3.8) is 0 Å². The van der Waals surface area contributed by atoms with Gasteiger partial charge in [0.1, 0.15) is 0 Å². The summed E-state index contributed by atoms with van der Waals surface area (Å²) in [5.41, 5.74) is 0. The van der Waals surface area contributed by atoms with E-state index in [0.29, 0.717) is 5.75 Å². The van der Waals surface area contributed by atoms with E-state index in [4.69, 9.17) is 0 Å². The first kappa shape index (κ1) is 10.2. The Morgan fingerprint density at radius 3 is 2.83 bits per heavy atom. The lowest BCUT2D eigenvalue weighted by molar-refractivity contribution is 0.0644. The molecule has 0 aliphatic carbocycles.